The molecule has 4 heteroatoms. The van der Waals surface area contributed by atoms with E-state index in [0.717, 1.165) is 31.3 Å². The number of nitrogens with zero attached hydrogens (tertiary/aromatic N) is 1. The predicted octanol–water partition coefficient (Wildman–Crippen LogP) is 4.07. The van der Waals surface area contributed by atoms with E-state index in [9.17, 15) is 4.79 Å². The number of Topliss-reactive ketones (excluding diaryl/α,β-unsaturated/α-hetero) is 1. The molecule has 0 aromatic carbocycles. The summed E-state index contributed by atoms with van der Waals surface area (Å²) in [4.78, 5) is 16.1. The Bertz CT molecular complexity index is 454. The van der Waals surface area contributed by atoms with Gasteiger partial charge in [-0.15, -0.1) is 0 Å². The molecule has 0 spiro atoms. The van der Waals surface area contributed by atoms with Crippen LogP contribution in [0, 0.1) is 0 Å². The number of rotatable bonds is 2. The molecule has 0 fully saturated rings. The second kappa shape index (κ2) is 4.98. The molecule has 0 saturated carbocycles. The van der Waals surface area contributed by atoms with Crippen LogP contribution in [0.15, 0.2) is 23.9 Å². The van der Waals surface area contributed by atoms with Crippen LogP contribution in [0.25, 0.3) is 0 Å². The molecule has 1 aliphatic rings. The molecular formula is C12H11Cl2NO. The smallest absolute Gasteiger partial charge is 0.208 e. The Morgan fingerprint density at radius 2 is 2.12 bits per heavy atom. The van der Waals surface area contributed by atoms with Gasteiger partial charge < -0.3 is 0 Å². The lowest BCUT2D eigenvalue weighted by molar-refractivity contribution is 0.102. The summed E-state index contributed by atoms with van der Waals surface area (Å²) < 4.78 is 0. The van der Waals surface area contributed by atoms with Crippen molar-refractivity contribution < 1.29 is 4.79 Å². The first kappa shape index (κ1) is 11.6. The fourth-order valence-corrected chi connectivity index (χ4v) is 2.24. The molecule has 0 atom stereocenters. The zero-order chi connectivity index (χ0) is 11.5. The molecule has 0 unspecified atom stereocenters. The van der Waals surface area contributed by atoms with E-state index >= 15 is 0 Å². The SMILES string of the molecule is O=C(C1=CCCCC1)c1ncc(Cl)cc1Cl. The van der Waals surface area contributed by atoms with Crippen molar-refractivity contribution in [2.24, 2.45) is 0 Å². The minimum atomic E-state index is -0.0682. The molecule has 1 aromatic heterocycles. The van der Waals surface area contributed by atoms with Crippen LogP contribution in [0.1, 0.15) is 36.2 Å². The third-order valence-corrected chi connectivity index (χ3v) is 3.10. The Balaban J connectivity index is 2.30. The molecule has 2 rings (SSSR count). The first-order valence-electron chi connectivity index (χ1n) is 5.23. The second-order valence-corrected chi connectivity index (χ2v) is 4.63. The molecule has 84 valence electrons. The van der Waals surface area contributed by atoms with Crippen molar-refractivity contribution in [1.29, 1.82) is 0 Å². The largest absolute Gasteiger partial charge is 0.287 e. The van der Waals surface area contributed by atoms with E-state index in [1.54, 1.807) is 6.07 Å². The highest BCUT2D eigenvalue weighted by Gasteiger charge is 2.18. The number of carbonyl (C=O) groups is 1. The third kappa shape index (κ3) is 2.45. The zero-order valence-corrected chi connectivity index (χ0v) is 10.2. The fraction of sp³-hybridized carbons (Fsp3) is 0.333. The Morgan fingerprint density at radius 1 is 1.31 bits per heavy atom. The van der Waals surface area contributed by atoms with Crippen LogP contribution in [0.3, 0.4) is 0 Å². The molecular weight excluding hydrogens is 245 g/mol. The van der Waals surface area contributed by atoms with Crippen molar-refractivity contribution in [3.8, 4) is 0 Å². The molecule has 1 aliphatic carbocycles. The van der Waals surface area contributed by atoms with Gasteiger partial charge in [-0.3, -0.25) is 4.79 Å². The average Bonchev–Trinajstić information content (AvgIpc) is 2.29. The standard InChI is InChI=1S/C12H11Cl2NO/c13-9-6-10(14)11(15-7-9)12(16)8-4-2-1-3-5-8/h4,6-7H,1-3,5H2. The molecule has 1 heterocycles. The summed E-state index contributed by atoms with van der Waals surface area (Å²) in [5.41, 5.74) is 1.13. The topological polar surface area (TPSA) is 30.0 Å². The van der Waals surface area contributed by atoms with Crippen molar-refractivity contribution in [2.45, 2.75) is 25.7 Å². The first-order chi connectivity index (χ1) is 7.68. The van der Waals surface area contributed by atoms with Crippen molar-refractivity contribution >= 4 is 29.0 Å². The number of ketones is 1. The molecule has 16 heavy (non-hydrogen) atoms. The Morgan fingerprint density at radius 3 is 2.75 bits per heavy atom. The minimum absolute atomic E-state index is 0.0682. The lowest BCUT2D eigenvalue weighted by Crippen LogP contribution is -2.09. The quantitative estimate of drug-likeness (QED) is 0.746. The van der Waals surface area contributed by atoms with Gasteiger partial charge in [0.05, 0.1) is 10.0 Å². The normalized spacial score (nSPS) is 15.8. The molecule has 1 aromatic rings. The lowest BCUT2D eigenvalue weighted by atomic mass is 9.95. The maximum atomic E-state index is 12.1. The highest BCUT2D eigenvalue weighted by Crippen LogP contribution is 2.25. The summed E-state index contributed by atoms with van der Waals surface area (Å²) in [7, 11) is 0. The number of halogens is 2. The predicted molar refractivity (Wildman–Crippen MR) is 65.1 cm³/mol. The van der Waals surface area contributed by atoms with Gasteiger partial charge in [-0.25, -0.2) is 4.98 Å². The molecule has 0 N–H and O–H groups in total. The third-order valence-electron chi connectivity index (χ3n) is 2.61. The Labute approximate surface area is 104 Å². The van der Waals surface area contributed by atoms with Crippen LogP contribution in [-0.2, 0) is 0 Å². The van der Waals surface area contributed by atoms with Crippen molar-refractivity contribution in [1.82, 2.24) is 4.98 Å². The van der Waals surface area contributed by atoms with Gasteiger partial charge in [0.15, 0.2) is 0 Å². The van der Waals surface area contributed by atoms with Crippen LogP contribution in [0.5, 0.6) is 0 Å². The second-order valence-electron chi connectivity index (χ2n) is 3.79. The summed E-state index contributed by atoms with van der Waals surface area (Å²) >= 11 is 11.7. The van der Waals surface area contributed by atoms with Gasteiger partial charge in [-0.1, -0.05) is 29.3 Å². The maximum Gasteiger partial charge on any atom is 0.208 e. The van der Waals surface area contributed by atoms with Gasteiger partial charge in [0, 0.05) is 6.20 Å². The number of pyridine rings is 1. The van der Waals surface area contributed by atoms with Gasteiger partial charge in [-0.05, 0) is 37.3 Å². The summed E-state index contributed by atoms with van der Waals surface area (Å²) in [5, 5.41) is 0.767. The van der Waals surface area contributed by atoms with Crippen LogP contribution in [0.4, 0.5) is 0 Å². The highest BCUT2D eigenvalue weighted by molar-refractivity contribution is 6.37. The number of allylic oxidation sites excluding steroid dienone is 2. The number of carbonyl (C=O) groups excluding carboxylic acids is 1. The summed E-state index contributed by atoms with van der Waals surface area (Å²) in [6, 6.07) is 1.55. The van der Waals surface area contributed by atoms with Gasteiger partial charge in [-0.2, -0.15) is 0 Å². The Hall–Kier alpha value is -0.860. The van der Waals surface area contributed by atoms with Crippen LogP contribution in [0.2, 0.25) is 10.0 Å². The first-order valence-corrected chi connectivity index (χ1v) is 5.99. The van der Waals surface area contributed by atoms with E-state index in [-0.39, 0.29) is 5.78 Å². The van der Waals surface area contributed by atoms with E-state index in [1.165, 1.54) is 6.20 Å². The van der Waals surface area contributed by atoms with Gasteiger partial charge in [0.2, 0.25) is 5.78 Å². The molecule has 0 bridgehead atoms. The van der Waals surface area contributed by atoms with Gasteiger partial charge in [0.1, 0.15) is 5.69 Å². The summed E-state index contributed by atoms with van der Waals surface area (Å²) in [5.74, 6) is -0.0682. The van der Waals surface area contributed by atoms with E-state index in [1.807, 2.05) is 6.08 Å². The number of hydrogen-bond acceptors (Lipinski definition) is 2. The van der Waals surface area contributed by atoms with Crippen LogP contribution >= 0.6 is 23.2 Å². The Kier molecular flexibility index (Phi) is 3.62. The van der Waals surface area contributed by atoms with Crippen molar-refractivity contribution in [3.63, 3.8) is 0 Å². The lowest BCUT2D eigenvalue weighted by Gasteiger charge is -2.11. The fourth-order valence-electron chi connectivity index (χ4n) is 1.78. The maximum absolute atomic E-state index is 12.1. The van der Waals surface area contributed by atoms with E-state index in [0.29, 0.717) is 15.7 Å². The molecule has 0 radical (unpaired) electrons. The van der Waals surface area contributed by atoms with E-state index < -0.39 is 0 Å². The minimum Gasteiger partial charge on any atom is -0.287 e. The molecule has 0 aliphatic heterocycles. The van der Waals surface area contributed by atoms with Crippen LogP contribution < -0.4 is 0 Å². The molecule has 0 amide bonds. The number of aromatic nitrogens is 1. The zero-order valence-electron chi connectivity index (χ0n) is 8.67. The molecule has 0 saturated heterocycles. The summed E-state index contributed by atoms with van der Waals surface area (Å²) in [6.45, 7) is 0. The summed E-state index contributed by atoms with van der Waals surface area (Å²) in [6.07, 6.45) is 7.43. The van der Waals surface area contributed by atoms with Crippen molar-refractivity contribution in [3.05, 3.63) is 39.7 Å². The van der Waals surface area contributed by atoms with E-state index in [2.05, 4.69) is 4.98 Å². The van der Waals surface area contributed by atoms with Gasteiger partial charge in [0.25, 0.3) is 0 Å². The number of hydrogen-bond donors (Lipinski definition) is 0. The van der Waals surface area contributed by atoms with E-state index in [4.69, 9.17) is 23.2 Å². The van der Waals surface area contributed by atoms with Crippen molar-refractivity contribution in [2.75, 3.05) is 0 Å². The monoisotopic (exact) mass is 255 g/mol. The average molecular weight is 256 g/mol. The van der Waals surface area contributed by atoms with Gasteiger partial charge >= 0.3 is 0 Å². The highest BCUT2D eigenvalue weighted by atomic mass is 35.5. The van der Waals surface area contributed by atoms with Crippen LogP contribution in [-0.4, -0.2) is 10.8 Å². The molecule has 2 nitrogen and oxygen atoms in total.